The summed E-state index contributed by atoms with van der Waals surface area (Å²) in [6, 6.07) is 61.7. The van der Waals surface area contributed by atoms with Crippen LogP contribution < -0.4 is 0 Å². The lowest BCUT2D eigenvalue weighted by atomic mass is 9.95. The van der Waals surface area contributed by atoms with Crippen molar-refractivity contribution in [2.45, 2.75) is 0 Å². The highest BCUT2D eigenvalue weighted by Crippen LogP contribution is 2.50. The molecule has 0 aliphatic heterocycles. The van der Waals surface area contributed by atoms with Gasteiger partial charge in [0.2, 0.25) is 0 Å². The van der Waals surface area contributed by atoms with E-state index in [4.69, 9.17) is 19.4 Å². The molecule has 0 saturated heterocycles. The second-order valence-corrected chi connectivity index (χ2v) is 14.8. The van der Waals surface area contributed by atoms with Crippen LogP contribution in [-0.2, 0) is 0 Å². The maximum Gasteiger partial charge on any atom is 0.164 e. The highest BCUT2D eigenvalue weighted by Gasteiger charge is 2.27. The van der Waals surface area contributed by atoms with Crippen LogP contribution in [0.4, 0.5) is 0 Å². The third-order valence-corrected chi connectivity index (χ3v) is 11.7. The number of hydrogen-bond acceptors (Lipinski definition) is 4. The van der Waals surface area contributed by atoms with Gasteiger partial charge in [0.15, 0.2) is 17.5 Å². The van der Waals surface area contributed by atoms with Crippen LogP contribution in [0.5, 0.6) is 0 Å². The van der Waals surface area contributed by atoms with Gasteiger partial charge in [-0.25, -0.2) is 15.0 Å². The molecule has 0 saturated carbocycles. The van der Waals surface area contributed by atoms with Crippen molar-refractivity contribution >= 4 is 76.3 Å². The summed E-state index contributed by atoms with van der Waals surface area (Å²) in [6.45, 7) is 0. The fourth-order valence-corrected chi connectivity index (χ4v) is 9.33. The Hall–Kier alpha value is -7.83. The first-order chi connectivity index (χ1) is 28.3. The van der Waals surface area contributed by atoms with Crippen molar-refractivity contribution in [3.8, 4) is 45.5 Å². The summed E-state index contributed by atoms with van der Waals surface area (Å²) in [5.41, 5.74) is 11.4. The molecule has 6 heteroatoms. The van der Waals surface area contributed by atoms with Crippen molar-refractivity contribution in [1.82, 2.24) is 24.1 Å². The zero-order valence-corrected chi connectivity index (χ0v) is 30.4. The SMILES string of the molecule is c1ccc(-c2nc(-c3ccccc3)nc(-c3ccc(-n4c5ccc6oc7cccc8c9cccc%10c9c9c(c5c6c78)c4ccc9n%10-c4ccccc4)cc3)n2)cc1. The number of aromatic nitrogens is 5. The Balaban J connectivity index is 1.10. The summed E-state index contributed by atoms with van der Waals surface area (Å²) in [5.74, 6) is 1.92. The fourth-order valence-electron chi connectivity index (χ4n) is 9.33. The molecule has 6 nitrogen and oxygen atoms in total. The van der Waals surface area contributed by atoms with Gasteiger partial charge in [0.1, 0.15) is 11.2 Å². The minimum atomic E-state index is 0.629. The molecule has 0 atom stereocenters. The normalized spacial score (nSPS) is 12.2. The third-order valence-electron chi connectivity index (χ3n) is 11.7. The van der Waals surface area contributed by atoms with E-state index >= 15 is 0 Å². The van der Waals surface area contributed by atoms with Gasteiger partial charge in [-0.1, -0.05) is 103 Å². The van der Waals surface area contributed by atoms with Gasteiger partial charge in [-0.05, 0) is 83.6 Å². The van der Waals surface area contributed by atoms with Gasteiger partial charge in [0, 0.05) is 60.4 Å². The number of furan rings is 1. The van der Waals surface area contributed by atoms with E-state index in [1.54, 1.807) is 0 Å². The topological polar surface area (TPSA) is 61.7 Å². The molecule has 13 rings (SSSR count). The van der Waals surface area contributed by atoms with Crippen LogP contribution in [0.2, 0.25) is 0 Å². The maximum absolute atomic E-state index is 6.65. The quantitative estimate of drug-likeness (QED) is 0.177. The molecule has 0 aliphatic carbocycles. The van der Waals surface area contributed by atoms with Crippen molar-refractivity contribution < 1.29 is 4.42 Å². The van der Waals surface area contributed by atoms with E-state index in [0.717, 1.165) is 61.0 Å². The molecule has 0 unspecified atom stereocenters. The Morgan fingerprint density at radius 1 is 0.298 bits per heavy atom. The standard InChI is InChI=1S/C51H29N5O/c1-4-12-30(13-5-1)49-52-50(31-14-6-2-7-15-31)54-51(53-49)32-22-24-34(25-23-32)56-39-27-26-38-45-43-35(18-10-20-37(43)55(38)33-16-8-3-9-17-33)36-19-11-21-41-44(36)48-42(57-41)29-28-40(56)47(48)46(39)45/h1-29H. The molecule has 0 amide bonds. The Morgan fingerprint density at radius 2 is 0.737 bits per heavy atom. The molecule has 4 aromatic heterocycles. The number of para-hydroxylation sites is 1. The Bertz CT molecular complexity index is 3600. The lowest BCUT2D eigenvalue weighted by Gasteiger charge is -2.11. The van der Waals surface area contributed by atoms with Gasteiger partial charge < -0.3 is 13.6 Å². The number of fused-ring (bicyclic) bond motifs is 1. The first-order valence-electron chi connectivity index (χ1n) is 19.2. The fraction of sp³-hybridized carbons (Fsp3) is 0. The molecule has 0 radical (unpaired) electrons. The van der Waals surface area contributed by atoms with Crippen LogP contribution in [0.1, 0.15) is 0 Å². The van der Waals surface area contributed by atoms with E-state index in [0.29, 0.717) is 17.5 Å². The zero-order valence-electron chi connectivity index (χ0n) is 30.4. The highest BCUT2D eigenvalue weighted by atomic mass is 16.3. The van der Waals surface area contributed by atoms with Gasteiger partial charge in [-0.2, -0.15) is 0 Å². The van der Waals surface area contributed by atoms with Crippen LogP contribution >= 0.6 is 0 Å². The summed E-state index contributed by atoms with van der Waals surface area (Å²) in [6.07, 6.45) is 0. The molecule has 9 aromatic carbocycles. The zero-order chi connectivity index (χ0) is 37.2. The second kappa shape index (κ2) is 11.4. The monoisotopic (exact) mass is 727 g/mol. The summed E-state index contributed by atoms with van der Waals surface area (Å²) >= 11 is 0. The molecule has 264 valence electrons. The highest BCUT2D eigenvalue weighted by molar-refractivity contribution is 6.42. The van der Waals surface area contributed by atoms with Crippen molar-refractivity contribution in [1.29, 1.82) is 0 Å². The largest absolute Gasteiger partial charge is 0.456 e. The molecule has 0 bridgehead atoms. The summed E-state index contributed by atoms with van der Waals surface area (Å²) in [5, 5.41) is 9.69. The van der Waals surface area contributed by atoms with E-state index in [2.05, 4.69) is 124 Å². The number of nitrogens with zero attached hydrogens (tertiary/aromatic N) is 5. The average molecular weight is 728 g/mol. The average Bonchev–Trinajstić information content (AvgIpc) is 3.94. The molecule has 4 heterocycles. The van der Waals surface area contributed by atoms with Gasteiger partial charge in [-0.15, -0.1) is 0 Å². The van der Waals surface area contributed by atoms with Crippen LogP contribution in [0.3, 0.4) is 0 Å². The molecule has 0 spiro atoms. The van der Waals surface area contributed by atoms with Crippen molar-refractivity contribution in [2.75, 3.05) is 0 Å². The number of benzene rings is 8. The van der Waals surface area contributed by atoms with E-state index < -0.39 is 0 Å². The summed E-state index contributed by atoms with van der Waals surface area (Å²) < 4.78 is 11.5. The molecular formula is C51H29N5O. The van der Waals surface area contributed by atoms with Crippen LogP contribution in [0.25, 0.3) is 122 Å². The van der Waals surface area contributed by atoms with Crippen LogP contribution in [0.15, 0.2) is 180 Å². The minimum absolute atomic E-state index is 0.629. The molecular weight excluding hydrogens is 699 g/mol. The van der Waals surface area contributed by atoms with E-state index in [9.17, 15) is 0 Å². The lowest BCUT2D eigenvalue weighted by Crippen LogP contribution is -2.00. The van der Waals surface area contributed by atoms with E-state index in [1.807, 2.05) is 60.7 Å². The number of hydrogen-bond donors (Lipinski definition) is 0. The van der Waals surface area contributed by atoms with E-state index in [1.165, 1.54) is 43.4 Å². The van der Waals surface area contributed by atoms with Gasteiger partial charge in [0.05, 0.1) is 22.1 Å². The van der Waals surface area contributed by atoms with Gasteiger partial charge >= 0.3 is 0 Å². The smallest absolute Gasteiger partial charge is 0.164 e. The molecule has 0 fully saturated rings. The van der Waals surface area contributed by atoms with E-state index in [-0.39, 0.29) is 0 Å². The molecule has 13 aromatic rings. The predicted molar refractivity (Wildman–Crippen MR) is 232 cm³/mol. The van der Waals surface area contributed by atoms with Crippen LogP contribution in [-0.4, -0.2) is 24.1 Å². The first-order valence-corrected chi connectivity index (χ1v) is 19.2. The minimum Gasteiger partial charge on any atom is -0.456 e. The van der Waals surface area contributed by atoms with Crippen molar-refractivity contribution in [2.24, 2.45) is 0 Å². The summed E-state index contributed by atoms with van der Waals surface area (Å²) in [4.78, 5) is 14.9. The van der Waals surface area contributed by atoms with Gasteiger partial charge in [0.25, 0.3) is 0 Å². The molecule has 0 aliphatic rings. The lowest BCUT2D eigenvalue weighted by molar-refractivity contribution is 0.669. The third kappa shape index (κ3) is 4.21. The Kier molecular flexibility index (Phi) is 6.07. The maximum atomic E-state index is 6.65. The Labute approximate surface area is 325 Å². The molecule has 57 heavy (non-hydrogen) atoms. The predicted octanol–water partition coefficient (Wildman–Crippen LogP) is 13.0. The second-order valence-electron chi connectivity index (χ2n) is 14.8. The number of rotatable bonds is 5. The molecule has 0 N–H and O–H groups in total. The summed E-state index contributed by atoms with van der Waals surface area (Å²) in [7, 11) is 0. The van der Waals surface area contributed by atoms with Crippen molar-refractivity contribution in [3.05, 3.63) is 176 Å². The first kappa shape index (κ1) is 30.5. The Morgan fingerprint density at radius 3 is 1.35 bits per heavy atom. The van der Waals surface area contributed by atoms with Crippen LogP contribution in [0, 0.1) is 0 Å². The van der Waals surface area contributed by atoms with Crippen molar-refractivity contribution in [3.63, 3.8) is 0 Å². The van der Waals surface area contributed by atoms with Gasteiger partial charge in [-0.3, -0.25) is 0 Å².